The van der Waals surface area contributed by atoms with Crippen LogP contribution in [0.2, 0.25) is 0 Å². The number of hydrogen-bond acceptors (Lipinski definition) is 6. The smallest absolute Gasteiger partial charge is 0.490 e. The van der Waals surface area contributed by atoms with Crippen LogP contribution in [-0.2, 0) is 29.0 Å². The Bertz CT molecular complexity index is 1780. The molecule has 1 atom stereocenters. The Labute approximate surface area is 263 Å². The summed E-state index contributed by atoms with van der Waals surface area (Å²) >= 11 is 0. The number of fused-ring (bicyclic) bond motifs is 1. The van der Waals surface area contributed by atoms with E-state index in [0.29, 0.717) is 25.2 Å². The monoisotopic (exact) mass is 636 g/mol. The number of rotatable bonds is 10. The number of carbonyl (C=O) groups excluding carboxylic acids is 1. The van der Waals surface area contributed by atoms with E-state index in [-0.39, 0.29) is 5.91 Å². The van der Waals surface area contributed by atoms with Crippen molar-refractivity contribution in [3.05, 3.63) is 113 Å². The molecule has 3 aromatic carbocycles. The van der Waals surface area contributed by atoms with Crippen LogP contribution in [0.3, 0.4) is 0 Å². The molecule has 0 aliphatic rings. The van der Waals surface area contributed by atoms with E-state index >= 15 is 0 Å². The Kier molecular flexibility index (Phi) is 10.5. The predicted octanol–water partition coefficient (Wildman–Crippen LogP) is 5.18. The second-order valence-electron chi connectivity index (χ2n) is 11.1. The molecule has 46 heavy (non-hydrogen) atoms. The maximum Gasteiger partial charge on any atom is 0.490 e. The van der Waals surface area contributed by atoms with Gasteiger partial charge in [-0.1, -0.05) is 66.7 Å². The number of nitrogens with zero attached hydrogens (tertiary/aromatic N) is 3. The Morgan fingerprint density at radius 1 is 0.978 bits per heavy atom. The Balaban J connectivity index is 0.000000617. The molecule has 10 nitrogen and oxygen atoms in total. The number of carboxylic acid groups (broad SMARTS) is 1. The third kappa shape index (κ3) is 8.51. The van der Waals surface area contributed by atoms with Crippen LogP contribution in [0.1, 0.15) is 48.2 Å². The molecule has 0 radical (unpaired) electrons. The van der Waals surface area contributed by atoms with Crippen LogP contribution in [0.15, 0.2) is 85.1 Å². The van der Waals surface area contributed by atoms with Gasteiger partial charge in [0, 0.05) is 35.5 Å². The number of hydrogen-bond donors (Lipinski definition) is 4. The Morgan fingerprint density at radius 2 is 1.61 bits per heavy atom. The van der Waals surface area contributed by atoms with Crippen LogP contribution in [0, 0.1) is 0 Å². The number of para-hydroxylation sites is 2. The molecule has 2 heterocycles. The summed E-state index contributed by atoms with van der Waals surface area (Å²) in [6, 6.07) is 25.7. The molecule has 2 aromatic heterocycles. The molecule has 13 heteroatoms. The number of methoxy groups -OCH3 is 1. The Morgan fingerprint density at radius 3 is 2.26 bits per heavy atom. The standard InChI is InChI=1S/C31H34N6O2.C2HF3O2/c1-31(2,32)30(38)34-26(18-23-19-33-25-15-9-8-14-24(23)25)29-36-35-28(17-21-11-5-4-6-12-21)37(29)20-22-13-7-10-16-27(22)39-3;3-2(4,5)1(6)7/h4-16,19,26,33H,17-18,20,32H2,1-3H3,(H,34,38);(H,6,7)/t26-;/m1./s1. The van der Waals surface area contributed by atoms with E-state index in [1.807, 2.05) is 66.9 Å². The van der Waals surface area contributed by atoms with Crippen LogP contribution in [0.4, 0.5) is 13.2 Å². The maximum absolute atomic E-state index is 13.2. The summed E-state index contributed by atoms with van der Waals surface area (Å²) in [6.45, 7) is 3.89. The van der Waals surface area contributed by atoms with Gasteiger partial charge in [0.05, 0.1) is 25.2 Å². The molecule has 5 aromatic rings. The van der Waals surface area contributed by atoms with Gasteiger partial charge in [-0.3, -0.25) is 4.79 Å². The fraction of sp³-hybridized carbons (Fsp3) is 0.273. The number of H-pyrrole nitrogens is 1. The number of nitrogens with two attached hydrogens (primary N) is 1. The lowest BCUT2D eigenvalue weighted by atomic mass is 10.0. The zero-order valence-electron chi connectivity index (χ0n) is 25.5. The summed E-state index contributed by atoms with van der Waals surface area (Å²) in [7, 11) is 1.67. The van der Waals surface area contributed by atoms with Crippen LogP contribution >= 0.6 is 0 Å². The number of carbonyl (C=O) groups is 2. The second-order valence-corrected chi connectivity index (χ2v) is 11.1. The van der Waals surface area contributed by atoms with E-state index in [1.165, 1.54) is 0 Å². The normalized spacial score (nSPS) is 12.2. The first-order valence-electron chi connectivity index (χ1n) is 14.3. The minimum Gasteiger partial charge on any atom is -0.496 e. The summed E-state index contributed by atoms with van der Waals surface area (Å²) < 4.78 is 39.5. The molecule has 0 spiro atoms. The number of aromatic amines is 1. The molecule has 0 fully saturated rings. The van der Waals surface area contributed by atoms with Crippen molar-refractivity contribution in [1.82, 2.24) is 25.1 Å². The van der Waals surface area contributed by atoms with Gasteiger partial charge in [0.1, 0.15) is 11.6 Å². The molecular formula is C33H35F3N6O4. The van der Waals surface area contributed by atoms with Gasteiger partial charge in [-0.25, -0.2) is 4.79 Å². The van der Waals surface area contributed by atoms with E-state index in [4.69, 9.17) is 20.4 Å². The minimum atomic E-state index is -5.08. The van der Waals surface area contributed by atoms with Crippen molar-refractivity contribution in [2.24, 2.45) is 5.73 Å². The van der Waals surface area contributed by atoms with E-state index < -0.39 is 23.7 Å². The topological polar surface area (TPSA) is 148 Å². The molecule has 5 N–H and O–H groups in total. The van der Waals surface area contributed by atoms with Gasteiger partial charge in [-0.15, -0.1) is 10.2 Å². The first-order chi connectivity index (χ1) is 21.8. The lowest BCUT2D eigenvalue weighted by molar-refractivity contribution is -0.192. The average molecular weight is 637 g/mol. The van der Waals surface area contributed by atoms with E-state index in [0.717, 1.165) is 39.2 Å². The fourth-order valence-corrected chi connectivity index (χ4v) is 4.76. The molecule has 0 aliphatic carbocycles. The third-order valence-corrected chi connectivity index (χ3v) is 7.13. The summed E-state index contributed by atoms with van der Waals surface area (Å²) in [5, 5.41) is 20.7. The summed E-state index contributed by atoms with van der Waals surface area (Å²) in [5.74, 6) is -0.776. The third-order valence-electron chi connectivity index (χ3n) is 7.13. The molecule has 5 rings (SSSR count). The molecule has 0 unspecified atom stereocenters. The van der Waals surface area contributed by atoms with Crippen LogP contribution in [0.5, 0.6) is 5.75 Å². The van der Waals surface area contributed by atoms with Gasteiger partial charge in [-0.05, 0) is 37.1 Å². The molecule has 0 bridgehead atoms. The number of carboxylic acids is 1. The number of aromatic nitrogens is 4. The summed E-state index contributed by atoms with van der Waals surface area (Å²) in [4.78, 5) is 25.4. The number of alkyl halides is 3. The van der Waals surface area contributed by atoms with Crippen LogP contribution in [0.25, 0.3) is 10.9 Å². The van der Waals surface area contributed by atoms with E-state index in [9.17, 15) is 18.0 Å². The average Bonchev–Trinajstić information content (AvgIpc) is 3.60. The predicted molar refractivity (Wildman–Crippen MR) is 166 cm³/mol. The highest BCUT2D eigenvalue weighted by Crippen LogP contribution is 2.27. The highest BCUT2D eigenvalue weighted by molar-refractivity contribution is 5.86. The zero-order valence-corrected chi connectivity index (χ0v) is 25.5. The maximum atomic E-state index is 13.2. The van der Waals surface area contributed by atoms with Gasteiger partial charge in [0.15, 0.2) is 5.82 Å². The zero-order chi connectivity index (χ0) is 33.5. The van der Waals surface area contributed by atoms with Gasteiger partial charge in [0.2, 0.25) is 5.91 Å². The van der Waals surface area contributed by atoms with Crippen molar-refractivity contribution in [2.45, 2.75) is 51.0 Å². The van der Waals surface area contributed by atoms with Crippen molar-refractivity contribution in [1.29, 1.82) is 0 Å². The number of halogens is 3. The van der Waals surface area contributed by atoms with Crippen molar-refractivity contribution in [2.75, 3.05) is 7.11 Å². The summed E-state index contributed by atoms with van der Waals surface area (Å²) in [6.07, 6.45) is -1.98. The molecule has 0 saturated carbocycles. The number of amides is 1. The quantitative estimate of drug-likeness (QED) is 0.165. The lowest BCUT2D eigenvalue weighted by Gasteiger charge is -2.25. The summed E-state index contributed by atoms with van der Waals surface area (Å²) in [5.41, 5.74) is 9.37. The largest absolute Gasteiger partial charge is 0.496 e. The van der Waals surface area contributed by atoms with Gasteiger partial charge < -0.3 is 30.4 Å². The number of ether oxygens (including phenoxy) is 1. The number of nitrogens with one attached hydrogen (secondary N) is 2. The second kappa shape index (κ2) is 14.3. The van der Waals surface area contributed by atoms with Gasteiger partial charge in [0.25, 0.3) is 0 Å². The van der Waals surface area contributed by atoms with Crippen LogP contribution in [-0.4, -0.2) is 55.6 Å². The van der Waals surface area contributed by atoms with E-state index in [2.05, 4.69) is 43.3 Å². The van der Waals surface area contributed by atoms with Gasteiger partial charge in [-0.2, -0.15) is 13.2 Å². The van der Waals surface area contributed by atoms with Crippen molar-refractivity contribution in [3.63, 3.8) is 0 Å². The van der Waals surface area contributed by atoms with Crippen molar-refractivity contribution < 1.29 is 32.6 Å². The van der Waals surface area contributed by atoms with Crippen LogP contribution < -0.4 is 15.8 Å². The first-order valence-corrected chi connectivity index (χ1v) is 14.3. The number of aliphatic carboxylic acids is 1. The van der Waals surface area contributed by atoms with Crippen molar-refractivity contribution in [3.8, 4) is 5.75 Å². The SMILES string of the molecule is COc1ccccc1Cn1c(Cc2ccccc2)nnc1[C@@H](Cc1c[nH]c2ccccc12)NC(=O)C(C)(C)N.O=C(O)C(F)(F)F. The van der Waals surface area contributed by atoms with Crippen molar-refractivity contribution >= 4 is 22.8 Å². The fourth-order valence-electron chi connectivity index (χ4n) is 4.76. The molecule has 242 valence electrons. The Hall–Kier alpha value is -5.17. The highest BCUT2D eigenvalue weighted by atomic mass is 19.4. The number of benzene rings is 3. The molecule has 1 amide bonds. The first kappa shape index (κ1) is 33.7. The lowest BCUT2D eigenvalue weighted by Crippen LogP contribution is -2.50. The van der Waals surface area contributed by atoms with E-state index in [1.54, 1.807) is 21.0 Å². The minimum absolute atomic E-state index is 0.260. The highest BCUT2D eigenvalue weighted by Gasteiger charge is 2.38. The molecule has 0 aliphatic heterocycles. The molecular weight excluding hydrogens is 601 g/mol. The molecule has 0 saturated heterocycles. The van der Waals surface area contributed by atoms with Gasteiger partial charge >= 0.3 is 12.1 Å².